The normalized spacial score (nSPS) is 23.0. The summed E-state index contributed by atoms with van der Waals surface area (Å²) in [6.45, 7) is 2.24. The molecule has 3 heteroatoms. The predicted octanol–water partition coefficient (Wildman–Crippen LogP) is 4.02. The second-order valence-electron chi connectivity index (χ2n) is 5.59. The Morgan fingerprint density at radius 2 is 1.95 bits per heavy atom. The number of unbranched alkanes of at least 4 members (excludes halogenated alkanes) is 1. The van der Waals surface area contributed by atoms with Gasteiger partial charge in [0, 0.05) is 24.0 Å². The minimum atomic E-state index is 0.181. The Morgan fingerprint density at radius 3 is 2.58 bits per heavy atom. The number of nitrogens with zero attached hydrogens (tertiary/aromatic N) is 1. The van der Waals surface area contributed by atoms with Gasteiger partial charge in [-0.15, -0.1) is 0 Å². The number of carbonyl (C=O) groups is 1. The molecule has 1 aliphatic carbocycles. The zero-order valence-electron chi connectivity index (χ0n) is 11.8. The van der Waals surface area contributed by atoms with Crippen LogP contribution in [0.2, 0.25) is 0 Å². The third kappa shape index (κ3) is 4.34. The molecule has 19 heavy (non-hydrogen) atoms. The molecule has 1 aliphatic rings. The van der Waals surface area contributed by atoms with Gasteiger partial charge < -0.3 is 5.32 Å². The Morgan fingerprint density at radius 1 is 1.26 bits per heavy atom. The summed E-state index contributed by atoms with van der Waals surface area (Å²) < 4.78 is 0. The fourth-order valence-corrected chi connectivity index (χ4v) is 2.89. The summed E-state index contributed by atoms with van der Waals surface area (Å²) in [5.41, 5.74) is 0.855. The van der Waals surface area contributed by atoms with Crippen LogP contribution in [0, 0.1) is 11.8 Å². The summed E-state index contributed by atoms with van der Waals surface area (Å²) in [6, 6.07) is 3.68. The molecular weight excluding hydrogens is 236 g/mol. The average molecular weight is 260 g/mol. The van der Waals surface area contributed by atoms with Gasteiger partial charge in [-0.2, -0.15) is 0 Å². The summed E-state index contributed by atoms with van der Waals surface area (Å²) in [5, 5.41) is 2.99. The van der Waals surface area contributed by atoms with E-state index in [1.54, 1.807) is 12.4 Å². The maximum Gasteiger partial charge on any atom is 0.227 e. The van der Waals surface area contributed by atoms with Gasteiger partial charge in [0.2, 0.25) is 5.91 Å². The molecule has 0 unspecified atom stereocenters. The van der Waals surface area contributed by atoms with E-state index in [2.05, 4.69) is 17.2 Å². The van der Waals surface area contributed by atoms with Crippen LogP contribution in [-0.4, -0.2) is 10.9 Å². The number of aromatic nitrogens is 1. The van der Waals surface area contributed by atoms with Crippen molar-refractivity contribution in [2.24, 2.45) is 11.8 Å². The zero-order valence-corrected chi connectivity index (χ0v) is 11.8. The number of amides is 1. The van der Waals surface area contributed by atoms with Gasteiger partial charge in [-0.25, -0.2) is 0 Å². The van der Waals surface area contributed by atoms with Crippen molar-refractivity contribution in [3.63, 3.8) is 0 Å². The van der Waals surface area contributed by atoms with Gasteiger partial charge in [0.25, 0.3) is 0 Å². The maximum absolute atomic E-state index is 12.2. The Labute approximate surface area is 115 Å². The monoisotopic (exact) mass is 260 g/mol. The minimum absolute atomic E-state index is 0.181. The van der Waals surface area contributed by atoms with Crippen LogP contribution in [0.25, 0.3) is 0 Å². The van der Waals surface area contributed by atoms with Crippen molar-refractivity contribution in [3.8, 4) is 0 Å². The highest BCUT2D eigenvalue weighted by molar-refractivity contribution is 5.92. The number of pyridine rings is 1. The molecule has 0 spiro atoms. The molecule has 3 nitrogen and oxygen atoms in total. The second-order valence-corrected chi connectivity index (χ2v) is 5.59. The van der Waals surface area contributed by atoms with Crippen LogP contribution in [0.3, 0.4) is 0 Å². The molecule has 0 aromatic carbocycles. The third-order valence-electron chi connectivity index (χ3n) is 4.13. The maximum atomic E-state index is 12.2. The number of carbonyl (C=O) groups excluding carboxylic acids is 1. The van der Waals surface area contributed by atoms with Crippen molar-refractivity contribution >= 4 is 11.6 Å². The highest BCUT2D eigenvalue weighted by Crippen LogP contribution is 2.32. The molecule has 0 aliphatic heterocycles. The van der Waals surface area contributed by atoms with E-state index in [9.17, 15) is 4.79 Å². The van der Waals surface area contributed by atoms with Crippen LogP contribution in [0.15, 0.2) is 24.5 Å². The van der Waals surface area contributed by atoms with Crippen LogP contribution < -0.4 is 5.32 Å². The lowest BCUT2D eigenvalue weighted by Crippen LogP contribution is -2.27. The molecule has 104 valence electrons. The lowest BCUT2D eigenvalue weighted by Gasteiger charge is -2.27. The molecular formula is C16H24N2O. The van der Waals surface area contributed by atoms with Crippen molar-refractivity contribution in [2.75, 3.05) is 5.32 Å². The second kappa shape index (κ2) is 7.27. The molecule has 1 aromatic rings. The van der Waals surface area contributed by atoms with Gasteiger partial charge in [0.1, 0.15) is 0 Å². The van der Waals surface area contributed by atoms with Gasteiger partial charge in [-0.3, -0.25) is 9.78 Å². The van der Waals surface area contributed by atoms with Crippen LogP contribution in [0.5, 0.6) is 0 Å². The zero-order chi connectivity index (χ0) is 13.5. The third-order valence-corrected chi connectivity index (χ3v) is 4.13. The summed E-state index contributed by atoms with van der Waals surface area (Å²) >= 11 is 0. The Hall–Kier alpha value is -1.38. The molecule has 0 atom stereocenters. The molecule has 0 radical (unpaired) electrons. The summed E-state index contributed by atoms with van der Waals surface area (Å²) in [7, 11) is 0. The SMILES string of the molecule is CCCCC1CCC(C(=O)Nc2ccncc2)CC1. The van der Waals surface area contributed by atoms with E-state index in [-0.39, 0.29) is 11.8 Å². The molecule has 2 rings (SSSR count). The Balaban J connectivity index is 1.76. The fourth-order valence-electron chi connectivity index (χ4n) is 2.89. The molecule has 1 N–H and O–H groups in total. The van der Waals surface area contributed by atoms with Crippen LogP contribution in [0.1, 0.15) is 51.9 Å². The van der Waals surface area contributed by atoms with Crippen molar-refractivity contribution in [1.29, 1.82) is 0 Å². The highest BCUT2D eigenvalue weighted by atomic mass is 16.1. The van der Waals surface area contributed by atoms with Gasteiger partial charge >= 0.3 is 0 Å². The van der Waals surface area contributed by atoms with Gasteiger partial charge in [0.05, 0.1) is 0 Å². The lowest BCUT2D eigenvalue weighted by molar-refractivity contribution is -0.121. The first-order valence-corrected chi connectivity index (χ1v) is 7.50. The molecule has 0 bridgehead atoms. The van der Waals surface area contributed by atoms with E-state index in [1.807, 2.05) is 12.1 Å². The van der Waals surface area contributed by atoms with E-state index in [4.69, 9.17) is 0 Å². The van der Waals surface area contributed by atoms with E-state index in [0.717, 1.165) is 24.4 Å². The van der Waals surface area contributed by atoms with Crippen molar-refractivity contribution in [1.82, 2.24) is 4.98 Å². The van der Waals surface area contributed by atoms with Crippen molar-refractivity contribution in [2.45, 2.75) is 51.9 Å². The number of nitrogens with one attached hydrogen (secondary N) is 1. The molecule has 0 saturated heterocycles. The number of hydrogen-bond donors (Lipinski definition) is 1. The fraction of sp³-hybridized carbons (Fsp3) is 0.625. The van der Waals surface area contributed by atoms with Crippen molar-refractivity contribution in [3.05, 3.63) is 24.5 Å². The topological polar surface area (TPSA) is 42.0 Å². The standard InChI is InChI=1S/C16H24N2O/c1-2-3-4-13-5-7-14(8-6-13)16(19)18-15-9-11-17-12-10-15/h9-14H,2-8H2,1H3,(H,17,18,19). The van der Waals surface area contributed by atoms with E-state index in [0.29, 0.717) is 0 Å². The lowest BCUT2D eigenvalue weighted by atomic mass is 9.79. The summed E-state index contributed by atoms with van der Waals surface area (Å²) in [4.78, 5) is 16.1. The first-order valence-electron chi connectivity index (χ1n) is 7.50. The Kier molecular flexibility index (Phi) is 5.37. The first kappa shape index (κ1) is 14.0. The smallest absolute Gasteiger partial charge is 0.227 e. The number of rotatable bonds is 5. The van der Waals surface area contributed by atoms with E-state index >= 15 is 0 Å². The van der Waals surface area contributed by atoms with E-state index in [1.165, 1.54) is 32.1 Å². The molecule has 1 amide bonds. The largest absolute Gasteiger partial charge is 0.326 e. The first-order chi connectivity index (χ1) is 9.29. The average Bonchev–Trinajstić information content (AvgIpc) is 2.46. The van der Waals surface area contributed by atoms with Gasteiger partial charge in [-0.05, 0) is 43.7 Å². The van der Waals surface area contributed by atoms with Gasteiger partial charge in [-0.1, -0.05) is 26.2 Å². The van der Waals surface area contributed by atoms with Crippen molar-refractivity contribution < 1.29 is 4.79 Å². The van der Waals surface area contributed by atoms with Crippen LogP contribution in [-0.2, 0) is 4.79 Å². The van der Waals surface area contributed by atoms with Gasteiger partial charge in [0.15, 0.2) is 0 Å². The molecule has 1 saturated carbocycles. The summed E-state index contributed by atoms with van der Waals surface area (Å²) in [5.74, 6) is 1.23. The Bertz CT molecular complexity index is 383. The number of hydrogen-bond acceptors (Lipinski definition) is 2. The minimum Gasteiger partial charge on any atom is -0.326 e. The quantitative estimate of drug-likeness (QED) is 0.869. The summed E-state index contributed by atoms with van der Waals surface area (Å²) in [6.07, 6.45) is 11.9. The van der Waals surface area contributed by atoms with Crippen LogP contribution >= 0.6 is 0 Å². The molecule has 1 fully saturated rings. The number of anilines is 1. The molecule has 1 aromatic heterocycles. The van der Waals surface area contributed by atoms with E-state index < -0.39 is 0 Å². The molecule has 1 heterocycles. The highest BCUT2D eigenvalue weighted by Gasteiger charge is 2.25. The van der Waals surface area contributed by atoms with Crippen LogP contribution in [0.4, 0.5) is 5.69 Å². The predicted molar refractivity (Wildman–Crippen MR) is 77.8 cm³/mol.